The van der Waals surface area contributed by atoms with Gasteiger partial charge < -0.3 is 24.1 Å². The first kappa shape index (κ1) is 21.2. The molecule has 0 radical (unpaired) electrons. The molecule has 0 bridgehead atoms. The average molecular weight is 531 g/mol. The molecular weight excluding hydrogens is 510 g/mol. The number of benzene rings is 1. The van der Waals surface area contributed by atoms with E-state index in [1.165, 1.54) is 6.33 Å². The van der Waals surface area contributed by atoms with Crippen molar-refractivity contribution in [3.8, 4) is 0 Å². The Kier molecular flexibility index (Phi) is 5.08. The van der Waals surface area contributed by atoms with Gasteiger partial charge in [-0.3, -0.25) is 4.98 Å². The third-order valence-corrected chi connectivity index (χ3v) is 6.75. The van der Waals surface area contributed by atoms with Crippen LogP contribution < -0.4 is 5.32 Å². The zero-order chi connectivity index (χ0) is 22.7. The molecule has 0 unspecified atom stereocenters. The molecular formula is C23H21BrClN5O3. The molecule has 0 amide bonds. The predicted molar refractivity (Wildman–Crippen MR) is 128 cm³/mol. The molecule has 0 aliphatic carbocycles. The SMILES string of the molecule is CC1(C)O[C@@H]2[C@H](O1)[C@@H](CNc1ccc3cc(Br)cnc3c1)O[C@H]2n1ccc2c(Cl)ncnc21. The molecule has 2 aliphatic heterocycles. The van der Waals surface area contributed by atoms with Gasteiger partial charge in [-0.15, -0.1) is 0 Å². The number of nitrogens with zero attached hydrogens (tertiary/aromatic N) is 4. The van der Waals surface area contributed by atoms with E-state index < -0.39 is 12.0 Å². The normalized spacial score (nSPS) is 26.2. The largest absolute Gasteiger partial charge is 0.382 e. The van der Waals surface area contributed by atoms with Crippen LogP contribution in [0.25, 0.3) is 21.9 Å². The lowest BCUT2D eigenvalue weighted by molar-refractivity contribution is -0.194. The summed E-state index contributed by atoms with van der Waals surface area (Å²) in [6, 6.07) is 10.0. The monoisotopic (exact) mass is 529 g/mol. The highest BCUT2D eigenvalue weighted by Gasteiger charge is 2.55. The minimum Gasteiger partial charge on any atom is -0.382 e. The van der Waals surface area contributed by atoms with Crippen molar-refractivity contribution in [2.24, 2.45) is 0 Å². The lowest BCUT2D eigenvalue weighted by Gasteiger charge is -2.25. The fourth-order valence-electron chi connectivity index (χ4n) is 4.62. The van der Waals surface area contributed by atoms with E-state index in [2.05, 4.69) is 36.2 Å². The first-order valence-corrected chi connectivity index (χ1v) is 11.8. The van der Waals surface area contributed by atoms with Gasteiger partial charge in [-0.25, -0.2) is 9.97 Å². The van der Waals surface area contributed by atoms with Crippen LogP contribution >= 0.6 is 27.5 Å². The van der Waals surface area contributed by atoms with Crippen LogP contribution in [0.5, 0.6) is 0 Å². The highest BCUT2D eigenvalue weighted by molar-refractivity contribution is 9.10. The van der Waals surface area contributed by atoms with E-state index in [9.17, 15) is 0 Å². The van der Waals surface area contributed by atoms with E-state index in [1.54, 1.807) is 6.20 Å². The van der Waals surface area contributed by atoms with Crippen LogP contribution in [0.4, 0.5) is 5.69 Å². The second kappa shape index (κ2) is 7.89. The molecule has 33 heavy (non-hydrogen) atoms. The van der Waals surface area contributed by atoms with Gasteiger partial charge in [0.05, 0.1) is 10.9 Å². The number of aromatic nitrogens is 4. The number of halogens is 2. The van der Waals surface area contributed by atoms with Gasteiger partial charge in [-0.05, 0) is 54.0 Å². The van der Waals surface area contributed by atoms with Gasteiger partial charge in [0, 0.05) is 34.5 Å². The summed E-state index contributed by atoms with van der Waals surface area (Å²) in [7, 11) is 0. The standard InChI is InChI=1S/C23H21BrClN5O3/c1-23(2)32-18-17(10-26-14-4-3-12-7-13(24)9-27-16(12)8-14)31-22(19(18)33-23)30-6-5-15-20(25)28-11-29-21(15)30/h3-9,11,17-19,22,26H,10H2,1-2H3/t17-,18-,19-,22-/m1/s1. The quantitative estimate of drug-likeness (QED) is 0.375. The Morgan fingerprint density at radius 2 is 1.97 bits per heavy atom. The summed E-state index contributed by atoms with van der Waals surface area (Å²) in [6.07, 6.45) is 4.01. The first-order valence-electron chi connectivity index (χ1n) is 10.7. The second-order valence-electron chi connectivity index (χ2n) is 8.70. The molecule has 1 aromatic carbocycles. The van der Waals surface area contributed by atoms with E-state index >= 15 is 0 Å². The molecule has 170 valence electrons. The van der Waals surface area contributed by atoms with Crippen LogP contribution in [0.3, 0.4) is 0 Å². The Balaban J connectivity index is 1.27. The fraction of sp³-hybridized carbons (Fsp3) is 0.348. The molecule has 0 spiro atoms. The van der Waals surface area contributed by atoms with E-state index in [-0.39, 0.29) is 18.3 Å². The number of fused-ring (bicyclic) bond motifs is 3. The zero-order valence-corrected chi connectivity index (χ0v) is 20.2. The summed E-state index contributed by atoms with van der Waals surface area (Å²) in [5.41, 5.74) is 2.58. The van der Waals surface area contributed by atoms with Gasteiger partial charge in [-0.1, -0.05) is 17.7 Å². The highest BCUT2D eigenvalue weighted by atomic mass is 79.9. The maximum atomic E-state index is 6.46. The first-order chi connectivity index (χ1) is 15.9. The van der Waals surface area contributed by atoms with Crippen molar-refractivity contribution in [3.05, 3.63) is 58.7 Å². The lowest BCUT2D eigenvalue weighted by Crippen LogP contribution is -2.34. The minimum absolute atomic E-state index is 0.231. The number of anilines is 1. The van der Waals surface area contributed by atoms with Crippen molar-refractivity contribution in [3.63, 3.8) is 0 Å². The van der Waals surface area contributed by atoms with E-state index in [1.807, 2.05) is 54.9 Å². The minimum atomic E-state index is -0.703. The molecule has 2 saturated heterocycles. The van der Waals surface area contributed by atoms with Crippen LogP contribution in [0.15, 0.2) is 53.5 Å². The van der Waals surface area contributed by atoms with Crippen molar-refractivity contribution < 1.29 is 14.2 Å². The van der Waals surface area contributed by atoms with E-state index in [0.29, 0.717) is 17.3 Å². The van der Waals surface area contributed by atoms with E-state index in [0.717, 1.165) is 26.4 Å². The molecule has 1 N–H and O–H groups in total. The zero-order valence-electron chi connectivity index (χ0n) is 17.9. The molecule has 5 heterocycles. The molecule has 4 aromatic rings. The predicted octanol–water partition coefficient (Wildman–Crippen LogP) is 4.93. The maximum Gasteiger partial charge on any atom is 0.164 e. The van der Waals surface area contributed by atoms with Gasteiger partial charge in [0.1, 0.15) is 35.4 Å². The highest BCUT2D eigenvalue weighted by Crippen LogP contribution is 2.44. The van der Waals surface area contributed by atoms with Gasteiger partial charge in [0.25, 0.3) is 0 Å². The van der Waals surface area contributed by atoms with Gasteiger partial charge >= 0.3 is 0 Å². The number of ether oxygens (including phenoxy) is 3. The van der Waals surface area contributed by atoms with Gasteiger partial charge in [0.2, 0.25) is 0 Å². The summed E-state index contributed by atoms with van der Waals surface area (Å²) < 4.78 is 21.9. The molecule has 0 saturated carbocycles. The second-order valence-corrected chi connectivity index (χ2v) is 9.97. The Morgan fingerprint density at radius 1 is 1.12 bits per heavy atom. The van der Waals surface area contributed by atoms with Crippen molar-refractivity contribution in [2.75, 3.05) is 11.9 Å². The Morgan fingerprint density at radius 3 is 2.85 bits per heavy atom. The van der Waals surface area contributed by atoms with Crippen molar-refractivity contribution in [1.29, 1.82) is 0 Å². The maximum absolute atomic E-state index is 6.46. The summed E-state index contributed by atoms with van der Waals surface area (Å²) >= 11 is 9.72. The van der Waals surface area contributed by atoms with Crippen LogP contribution in [-0.2, 0) is 14.2 Å². The van der Waals surface area contributed by atoms with Gasteiger partial charge in [0.15, 0.2) is 12.0 Å². The van der Waals surface area contributed by atoms with Crippen LogP contribution in [0.1, 0.15) is 20.1 Å². The summed E-state index contributed by atoms with van der Waals surface area (Å²) in [6.45, 7) is 4.40. The lowest BCUT2D eigenvalue weighted by atomic mass is 10.1. The van der Waals surface area contributed by atoms with Crippen LogP contribution in [0.2, 0.25) is 5.15 Å². The molecule has 4 atom stereocenters. The third-order valence-electron chi connectivity index (χ3n) is 6.02. The van der Waals surface area contributed by atoms with Gasteiger partial charge in [-0.2, -0.15) is 0 Å². The Hall–Kier alpha value is -2.30. The molecule has 2 aliphatic rings. The van der Waals surface area contributed by atoms with Crippen LogP contribution in [-0.4, -0.2) is 50.2 Å². The summed E-state index contributed by atoms with van der Waals surface area (Å²) in [5.74, 6) is -0.703. The molecule has 10 heteroatoms. The molecule has 2 fully saturated rings. The van der Waals surface area contributed by atoms with Crippen LogP contribution in [0, 0.1) is 0 Å². The number of hydrogen-bond acceptors (Lipinski definition) is 7. The van der Waals surface area contributed by atoms with Crippen molar-refractivity contribution >= 4 is 55.2 Å². The van der Waals surface area contributed by atoms with E-state index in [4.69, 9.17) is 25.8 Å². The summed E-state index contributed by atoms with van der Waals surface area (Å²) in [5, 5.41) is 5.73. The molecule has 6 rings (SSSR count). The fourth-order valence-corrected chi connectivity index (χ4v) is 5.16. The summed E-state index contributed by atoms with van der Waals surface area (Å²) in [4.78, 5) is 13.0. The number of pyridine rings is 1. The number of rotatable bonds is 4. The van der Waals surface area contributed by atoms with Crippen molar-refractivity contribution in [2.45, 2.75) is 44.2 Å². The topological polar surface area (TPSA) is 83.3 Å². The number of nitrogens with one attached hydrogen (secondary N) is 1. The molecule has 8 nitrogen and oxygen atoms in total. The smallest absolute Gasteiger partial charge is 0.164 e. The average Bonchev–Trinajstić information content (AvgIpc) is 3.44. The van der Waals surface area contributed by atoms with Crippen molar-refractivity contribution in [1.82, 2.24) is 19.5 Å². The molecule has 3 aromatic heterocycles. The number of hydrogen-bond donors (Lipinski definition) is 1. The Bertz CT molecular complexity index is 1360. The third kappa shape index (κ3) is 3.77. The Labute approximate surface area is 203 Å².